The minimum atomic E-state index is -0.725. The topological polar surface area (TPSA) is 94.9 Å². The van der Waals surface area contributed by atoms with E-state index >= 15 is 0 Å². The number of ether oxygens (including phenoxy) is 1. The molecule has 132 valence electrons. The lowest BCUT2D eigenvalue weighted by molar-refractivity contribution is 0.0699. The average molecular weight is 361 g/mol. The van der Waals surface area contributed by atoms with Crippen LogP contribution in [0.3, 0.4) is 0 Å². The number of aromatic hydroxyl groups is 1. The van der Waals surface area contributed by atoms with Crippen LogP contribution in [-0.4, -0.2) is 44.7 Å². The van der Waals surface area contributed by atoms with Gasteiger partial charge in [0.2, 0.25) is 0 Å². The first-order chi connectivity index (χ1) is 12.2. The maximum atomic E-state index is 11.8. The zero-order valence-corrected chi connectivity index (χ0v) is 14.3. The molecule has 0 bridgehead atoms. The molecule has 8 heteroatoms. The molecule has 3 rings (SSSR count). The van der Waals surface area contributed by atoms with Crippen molar-refractivity contribution in [2.24, 2.45) is 0 Å². The van der Waals surface area contributed by atoms with E-state index < -0.39 is 5.91 Å². The quantitative estimate of drug-likeness (QED) is 0.428. The second-order valence-electron chi connectivity index (χ2n) is 5.61. The molecule has 1 aromatic heterocycles. The Kier molecular flexibility index (Phi) is 5.75. The minimum absolute atomic E-state index is 0.0742. The number of amides is 1. The summed E-state index contributed by atoms with van der Waals surface area (Å²) in [4.78, 5) is 16.3. The van der Waals surface area contributed by atoms with Crippen LogP contribution in [0.25, 0.3) is 0 Å². The van der Waals surface area contributed by atoms with Crippen molar-refractivity contribution in [3.63, 3.8) is 0 Å². The van der Waals surface area contributed by atoms with Gasteiger partial charge in [-0.2, -0.15) is 0 Å². The van der Waals surface area contributed by atoms with Crippen LogP contribution in [0.1, 0.15) is 23.2 Å². The first kappa shape index (κ1) is 17.5. The van der Waals surface area contributed by atoms with Gasteiger partial charge in [-0.3, -0.25) is 15.0 Å². The number of piperidine rings is 1. The Hall–Kier alpha value is -2.29. The fraction of sp³-hybridized carbons (Fsp3) is 0.294. The van der Waals surface area contributed by atoms with E-state index in [4.69, 9.17) is 9.94 Å². The molecular formula is C17H19N3O4S. The molecule has 1 saturated heterocycles. The number of pyridine rings is 1. The van der Waals surface area contributed by atoms with Crippen LogP contribution in [0.15, 0.2) is 47.6 Å². The van der Waals surface area contributed by atoms with Crippen molar-refractivity contribution < 1.29 is 19.8 Å². The third-order valence-corrected chi connectivity index (χ3v) is 5.07. The van der Waals surface area contributed by atoms with Crippen molar-refractivity contribution in [2.45, 2.75) is 23.8 Å². The van der Waals surface area contributed by atoms with Crippen LogP contribution < -0.4 is 10.2 Å². The van der Waals surface area contributed by atoms with E-state index in [1.807, 2.05) is 12.1 Å². The summed E-state index contributed by atoms with van der Waals surface area (Å²) in [5.74, 6) is -0.0695. The van der Waals surface area contributed by atoms with Gasteiger partial charge in [0.25, 0.3) is 5.91 Å². The molecule has 0 unspecified atom stereocenters. The zero-order valence-electron chi connectivity index (χ0n) is 13.5. The molecule has 2 aromatic rings. The van der Waals surface area contributed by atoms with Crippen molar-refractivity contribution in [3.05, 3.63) is 48.3 Å². The van der Waals surface area contributed by atoms with Crippen LogP contribution in [0.5, 0.6) is 11.5 Å². The third-order valence-electron chi connectivity index (χ3n) is 3.91. The molecular weight excluding hydrogens is 342 g/mol. The summed E-state index contributed by atoms with van der Waals surface area (Å²) >= 11 is 1.39. The summed E-state index contributed by atoms with van der Waals surface area (Å²) in [7, 11) is 0. The molecule has 0 atom stereocenters. The third kappa shape index (κ3) is 4.41. The fourth-order valence-corrected chi connectivity index (χ4v) is 3.77. The number of phenols is 1. The van der Waals surface area contributed by atoms with Gasteiger partial charge in [0.1, 0.15) is 17.6 Å². The monoisotopic (exact) mass is 361 g/mol. The van der Waals surface area contributed by atoms with Crippen LogP contribution in [0, 0.1) is 0 Å². The normalized spacial score (nSPS) is 15.7. The minimum Gasteiger partial charge on any atom is -0.507 e. The first-order valence-corrected chi connectivity index (χ1v) is 8.70. The number of nitrogens with one attached hydrogen (secondary N) is 1. The van der Waals surface area contributed by atoms with Gasteiger partial charge in [0.05, 0.1) is 5.56 Å². The van der Waals surface area contributed by atoms with E-state index in [1.165, 1.54) is 18.0 Å². The number of rotatable bonds is 5. The predicted molar refractivity (Wildman–Crippen MR) is 92.7 cm³/mol. The van der Waals surface area contributed by atoms with Crippen molar-refractivity contribution in [3.8, 4) is 11.5 Å². The Bertz CT molecular complexity index is 721. The first-order valence-electron chi connectivity index (χ1n) is 7.93. The number of hydrogen-bond acceptors (Lipinski definition) is 7. The molecule has 0 aliphatic carbocycles. The number of carbonyl (C=O) groups excluding carboxylic acids is 1. The Morgan fingerprint density at radius 1 is 1.24 bits per heavy atom. The van der Waals surface area contributed by atoms with Crippen LogP contribution in [-0.2, 0) is 0 Å². The number of aromatic nitrogens is 1. The van der Waals surface area contributed by atoms with E-state index in [9.17, 15) is 9.90 Å². The lowest BCUT2D eigenvalue weighted by Crippen LogP contribution is -2.34. The van der Waals surface area contributed by atoms with Gasteiger partial charge in [-0.15, -0.1) is 0 Å². The van der Waals surface area contributed by atoms with Gasteiger partial charge < -0.3 is 9.84 Å². The highest BCUT2D eigenvalue weighted by atomic mass is 32.2. The highest BCUT2D eigenvalue weighted by Gasteiger charge is 2.24. The summed E-state index contributed by atoms with van der Waals surface area (Å²) in [6.45, 7) is 1.58. The van der Waals surface area contributed by atoms with Crippen LogP contribution in [0.2, 0.25) is 0 Å². The van der Waals surface area contributed by atoms with Crippen LogP contribution >= 0.6 is 11.9 Å². The molecule has 1 aromatic carbocycles. The summed E-state index contributed by atoms with van der Waals surface area (Å²) in [5, 5.41) is 18.8. The van der Waals surface area contributed by atoms with Gasteiger partial charge in [-0.05, 0) is 49.1 Å². The van der Waals surface area contributed by atoms with Gasteiger partial charge in [-0.1, -0.05) is 6.07 Å². The summed E-state index contributed by atoms with van der Waals surface area (Å²) in [6.07, 6.45) is 5.26. The Morgan fingerprint density at radius 2 is 1.96 bits per heavy atom. The lowest BCUT2D eigenvalue weighted by atomic mass is 10.1. The van der Waals surface area contributed by atoms with Crippen molar-refractivity contribution in [1.29, 1.82) is 0 Å². The van der Waals surface area contributed by atoms with E-state index in [0.29, 0.717) is 4.90 Å². The zero-order chi connectivity index (χ0) is 17.6. The number of nitrogens with zero attached hydrogens (tertiary/aromatic N) is 2. The van der Waals surface area contributed by atoms with E-state index in [-0.39, 0.29) is 17.4 Å². The second kappa shape index (κ2) is 8.19. The van der Waals surface area contributed by atoms with Gasteiger partial charge in [0, 0.05) is 30.4 Å². The number of benzene rings is 1. The Labute approximate surface area is 149 Å². The molecule has 2 heterocycles. The molecule has 0 spiro atoms. The molecule has 1 amide bonds. The number of hydroxylamine groups is 1. The summed E-state index contributed by atoms with van der Waals surface area (Å²) in [5.41, 5.74) is 1.65. The molecule has 1 aliphatic heterocycles. The van der Waals surface area contributed by atoms with Crippen molar-refractivity contribution >= 4 is 17.9 Å². The molecule has 7 nitrogen and oxygen atoms in total. The molecule has 3 N–H and O–H groups in total. The Morgan fingerprint density at radius 3 is 2.64 bits per heavy atom. The van der Waals surface area contributed by atoms with E-state index in [2.05, 4.69) is 9.29 Å². The molecule has 0 saturated carbocycles. The van der Waals surface area contributed by atoms with Crippen molar-refractivity contribution in [1.82, 2.24) is 14.8 Å². The van der Waals surface area contributed by atoms with Crippen LogP contribution in [0.4, 0.5) is 0 Å². The average Bonchev–Trinajstić information content (AvgIpc) is 2.64. The highest BCUT2D eigenvalue weighted by Crippen LogP contribution is 2.33. The molecule has 0 radical (unpaired) electrons. The number of carbonyl (C=O) groups is 1. The summed E-state index contributed by atoms with van der Waals surface area (Å²) in [6, 6.07) is 8.52. The second-order valence-corrected chi connectivity index (χ2v) is 6.75. The van der Waals surface area contributed by atoms with Gasteiger partial charge >= 0.3 is 0 Å². The molecule has 1 aliphatic rings. The summed E-state index contributed by atoms with van der Waals surface area (Å²) < 4.78 is 8.06. The smallest absolute Gasteiger partial charge is 0.279 e. The SMILES string of the molecule is O=C(NO)c1c(O)cccc1SN1CCC(Oc2ccncc2)CC1. The van der Waals surface area contributed by atoms with Gasteiger partial charge in [0.15, 0.2) is 0 Å². The predicted octanol–water partition coefficient (Wildman–Crippen LogP) is 2.46. The Balaban J connectivity index is 1.59. The standard InChI is InChI=1S/C17H19N3O4S/c21-14-2-1-3-15(16(14)17(22)19-23)25-20-10-6-13(7-11-20)24-12-4-8-18-9-5-12/h1-5,8-9,13,21,23H,6-7,10-11H2,(H,19,22). The maximum absolute atomic E-state index is 11.8. The molecule has 25 heavy (non-hydrogen) atoms. The largest absolute Gasteiger partial charge is 0.507 e. The van der Waals surface area contributed by atoms with Crippen molar-refractivity contribution in [2.75, 3.05) is 13.1 Å². The van der Waals surface area contributed by atoms with Gasteiger partial charge in [-0.25, -0.2) is 9.79 Å². The maximum Gasteiger partial charge on any atom is 0.279 e. The lowest BCUT2D eigenvalue weighted by Gasteiger charge is -2.31. The number of phenolic OH excluding ortho intramolecular Hbond substituents is 1. The highest BCUT2D eigenvalue weighted by molar-refractivity contribution is 7.97. The van der Waals surface area contributed by atoms with E-state index in [0.717, 1.165) is 31.7 Å². The van der Waals surface area contributed by atoms with E-state index in [1.54, 1.807) is 30.0 Å². The molecule has 1 fully saturated rings. The number of hydrogen-bond donors (Lipinski definition) is 3. The fourth-order valence-electron chi connectivity index (χ4n) is 2.67.